The van der Waals surface area contributed by atoms with Crippen LogP contribution < -0.4 is 14.2 Å². The van der Waals surface area contributed by atoms with Gasteiger partial charge >= 0.3 is 0 Å². The van der Waals surface area contributed by atoms with Gasteiger partial charge in [0.05, 0.1) is 18.5 Å². The molecule has 0 saturated heterocycles. The molecule has 1 aromatic heterocycles. The van der Waals surface area contributed by atoms with E-state index < -0.39 is 10.0 Å². The van der Waals surface area contributed by atoms with Crippen LogP contribution in [0.15, 0.2) is 59.9 Å². The highest BCUT2D eigenvalue weighted by atomic mass is 32.2. The van der Waals surface area contributed by atoms with Crippen LogP contribution in [0.2, 0.25) is 0 Å². The van der Waals surface area contributed by atoms with Gasteiger partial charge in [0, 0.05) is 24.1 Å². The Bertz CT molecular complexity index is 1070. The maximum Gasteiger partial charge on any atom is 0.236 e. The topological polar surface area (TPSA) is 82.5 Å². The highest BCUT2D eigenvalue weighted by Crippen LogP contribution is 2.32. The Hall–Kier alpha value is -2.65. The maximum absolute atomic E-state index is 12.6. The molecule has 0 saturated carbocycles. The molecule has 2 heterocycles. The molecule has 0 atom stereocenters. The zero-order valence-electron chi connectivity index (χ0n) is 15.9. The van der Waals surface area contributed by atoms with Crippen LogP contribution in [0.25, 0.3) is 11.3 Å². The van der Waals surface area contributed by atoms with Crippen LogP contribution in [-0.4, -0.2) is 43.2 Å². The maximum atomic E-state index is 12.6. The highest BCUT2D eigenvalue weighted by Gasteiger charge is 2.19. The average Bonchev–Trinajstić information content (AvgIpc) is 3.31. The number of anilines is 1. The molecule has 29 heavy (non-hydrogen) atoms. The summed E-state index contributed by atoms with van der Waals surface area (Å²) in [4.78, 5) is 4.62. The number of nitrogens with zero attached hydrogens (tertiary/aromatic N) is 2. The molecule has 3 aromatic rings. The SMILES string of the molecule is COc1ccc(OCCS(=O)(=O)Nc2ccccc2-c2cn3c(n2)SCC3)cc1. The number of nitrogens with one attached hydrogen (secondary N) is 1. The summed E-state index contributed by atoms with van der Waals surface area (Å²) in [5, 5.41) is 0.963. The van der Waals surface area contributed by atoms with E-state index in [1.165, 1.54) is 0 Å². The van der Waals surface area contributed by atoms with Crippen molar-refractivity contribution in [3.63, 3.8) is 0 Å². The zero-order chi connectivity index (χ0) is 20.3. The summed E-state index contributed by atoms with van der Waals surface area (Å²) in [5.74, 6) is 2.16. The first-order chi connectivity index (χ1) is 14.0. The fraction of sp³-hybridized carbons (Fsp3) is 0.250. The lowest BCUT2D eigenvalue weighted by molar-refractivity contribution is 0.340. The van der Waals surface area contributed by atoms with Crippen LogP contribution in [-0.2, 0) is 16.6 Å². The van der Waals surface area contributed by atoms with E-state index in [0.29, 0.717) is 17.2 Å². The average molecular weight is 432 g/mol. The zero-order valence-corrected chi connectivity index (χ0v) is 17.5. The van der Waals surface area contributed by atoms with E-state index in [2.05, 4.69) is 14.3 Å². The van der Waals surface area contributed by atoms with Crippen molar-refractivity contribution in [3.8, 4) is 22.8 Å². The number of hydrogen-bond acceptors (Lipinski definition) is 6. The first-order valence-corrected chi connectivity index (χ1v) is 11.7. The van der Waals surface area contributed by atoms with Gasteiger partial charge in [0.25, 0.3) is 0 Å². The van der Waals surface area contributed by atoms with E-state index in [9.17, 15) is 8.42 Å². The summed E-state index contributed by atoms with van der Waals surface area (Å²) >= 11 is 1.70. The fourth-order valence-corrected chi connectivity index (χ4v) is 4.86. The Balaban J connectivity index is 1.42. The number of ether oxygens (including phenoxy) is 2. The Labute approximate surface area is 174 Å². The van der Waals surface area contributed by atoms with Gasteiger partial charge in [-0.25, -0.2) is 13.4 Å². The summed E-state index contributed by atoms with van der Waals surface area (Å²) in [6, 6.07) is 14.3. The van der Waals surface area contributed by atoms with Crippen molar-refractivity contribution in [2.45, 2.75) is 11.7 Å². The number of benzene rings is 2. The van der Waals surface area contributed by atoms with E-state index in [1.807, 2.05) is 18.3 Å². The molecule has 0 unspecified atom stereocenters. The molecule has 0 radical (unpaired) electrons. The van der Waals surface area contributed by atoms with Gasteiger partial charge in [-0.1, -0.05) is 30.0 Å². The molecule has 0 aliphatic carbocycles. The molecule has 9 heteroatoms. The number of rotatable bonds is 8. The number of fused-ring (bicyclic) bond motifs is 1. The van der Waals surface area contributed by atoms with Crippen molar-refractivity contribution in [1.82, 2.24) is 9.55 Å². The third kappa shape index (κ3) is 4.68. The minimum atomic E-state index is -3.58. The van der Waals surface area contributed by atoms with Gasteiger partial charge in [0.1, 0.15) is 23.9 Å². The second kappa shape index (κ2) is 8.38. The lowest BCUT2D eigenvalue weighted by Gasteiger charge is -2.12. The molecule has 1 aliphatic rings. The standard InChI is InChI=1S/C20H21N3O4S2/c1-26-15-6-8-16(9-7-15)27-11-13-29(24,25)22-18-5-3-2-4-17(18)19-14-23-10-12-28-20(23)21-19/h2-9,14,22H,10-13H2,1H3. The second-order valence-corrected chi connectivity index (χ2v) is 9.35. The molecular weight excluding hydrogens is 410 g/mol. The first-order valence-electron chi connectivity index (χ1n) is 9.11. The van der Waals surface area contributed by atoms with Crippen molar-refractivity contribution in [2.24, 2.45) is 0 Å². The molecular formula is C20H21N3O4S2. The number of sulfonamides is 1. The molecule has 0 fully saturated rings. The third-order valence-corrected chi connectivity index (χ3v) is 6.66. The predicted octanol–water partition coefficient (Wildman–Crippen LogP) is 3.49. The Morgan fingerprint density at radius 3 is 2.66 bits per heavy atom. The van der Waals surface area contributed by atoms with E-state index in [-0.39, 0.29) is 12.4 Å². The Morgan fingerprint density at radius 2 is 1.90 bits per heavy atom. The van der Waals surface area contributed by atoms with Crippen molar-refractivity contribution in [1.29, 1.82) is 0 Å². The smallest absolute Gasteiger partial charge is 0.236 e. The lowest BCUT2D eigenvalue weighted by Crippen LogP contribution is -2.21. The van der Waals surface area contributed by atoms with E-state index in [1.54, 1.807) is 55.3 Å². The van der Waals surface area contributed by atoms with Crippen LogP contribution in [0.5, 0.6) is 11.5 Å². The fourth-order valence-electron chi connectivity index (χ4n) is 2.99. The third-order valence-electron chi connectivity index (χ3n) is 4.45. The largest absolute Gasteiger partial charge is 0.497 e. The molecule has 4 rings (SSSR count). The molecule has 0 spiro atoms. The van der Waals surface area contributed by atoms with Crippen LogP contribution in [0, 0.1) is 0 Å². The van der Waals surface area contributed by atoms with Gasteiger partial charge in [0.15, 0.2) is 5.16 Å². The van der Waals surface area contributed by atoms with Crippen LogP contribution >= 0.6 is 11.8 Å². The van der Waals surface area contributed by atoms with Crippen molar-refractivity contribution < 1.29 is 17.9 Å². The molecule has 7 nitrogen and oxygen atoms in total. The molecule has 2 aromatic carbocycles. The number of imidazole rings is 1. The van der Waals surface area contributed by atoms with Gasteiger partial charge in [-0.2, -0.15) is 0 Å². The van der Waals surface area contributed by atoms with Crippen LogP contribution in [0.1, 0.15) is 0 Å². The van der Waals surface area contributed by atoms with Crippen LogP contribution in [0.3, 0.4) is 0 Å². The number of para-hydroxylation sites is 1. The van der Waals surface area contributed by atoms with E-state index in [0.717, 1.165) is 28.7 Å². The summed E-state index contributed by atoms with van der Waals surface area (Å²) in [6.45, 7) is 0.961. The second-order valence-electron chi connectivity index (χ2n) is 6.44. The van der Waals surface area contributed by atoms with Gasteiger partial charge < -0.3 is 14.0 Å². The molecule has 0 bridgehead atoms. The Morgan fingerprint density at radius 1 is 1.14 bits per heavy atom. The van der Waals surface area contributed by atoms with E-state index >= 15 is 0 Å². The molecule has 1 N–H and O–H groups in total. The minimum Gasteiger partial charge on any atom is -0.497 e. The van der Waals surface area contributed by atoms with Gasteiger partial charge in [-0.05, 0) is 30.3 Å². The van der Waals surface area contributed by atoms with Gasteiger partial charge in [-0.15, -0.1) is 0 Å². The number of thioether (sulfide) groups is 1. The van der Waals surface area contributed by atoms with Crippen molar-refractivity contribution >= 4 is 27.5 Å². The molecule has 0 amide bonds. The summed E-state index contributed by atoms with van der Waals surface area (Å²) in [6.07, 6.45) is 1.97. The first kappa shape index (κ1) is 19.7. The van der Waals surface area contributed by atoms with Crippen molar-refractivity contribution in [2.75, 3.05) is 29.9 Å². The number of methoxy groups -OCH3 is 1. The quantitative estimate of drug-likeness (QED) is 0.588. The lowest BCUT2D eigenvalue weighted by atomic mass is 10.1. The van der Waals surface area contributed by atoms with E-state index in [4.69, 9.17) is 9.47 Å². The van der Waals surface area contributed by atoms with Crippen LogP contribution in [0.4, 0.5) is 5.69 Å². The Kier molecular flexibility index (Phi) is 5.68. The highest BCUT2D eigenvalue weighted by molar-refractivity contribution is 7.99. The monoisotopic (exact) mass is 431 g/mol. The normalized spacial score (nSPS) is 13.1. The summed E-state index contributed by atoms with van der Waals surface area (Å²) in [5.41, 5.74) is 2.04. The predicted molar refractivity (Wildman–Crippen MR) is 114 cm³/mol. The number of hydrogen-bond donors (Lipinski definition) is 1. The molecule has 152 valence electrons. The molecule has 1 aliphatic heterocycles. The van der Waals surface area contributed by atoms with Gasteiger partial charge in [0.2, 0.25) is 10.0 Å². The number of aryl methyl sites for hydroxylation is 1. The summed E-state index contributed by atoms with van der Waals surface area (Å²) in [7, 11) is -2.00. The summed E-state index contributed by atoms with van der Waals surface area (Å²) < 4.78 is 40.5. The minimum absolute atomic E-state index is 0.0409. The number of aromatic nitrogens is 2. The van der Waals surface area contributed by atoms with Crippen molar-refractivity contribution in [3.05, 3.63) is 54.7 Å². The van der Waals surface area contributed by atoms with Gasteiger partial charge in [-0.3, -0.25) is 4.72 Å².